The third-order valence-electron chi connectivity index (χ3n) is 6.77. The molecule has 0 aliphatic rings. The summed E-state index contributed by atoms with van der Waals surface area (Å²) in [5.41, 5.74) is 4.34. The number of carboxylic acids is 1. The maximum Gasteiger partial charge on any atom is 0.303 e. The molecule has 1 N–H and O–H groups in total. The van der Waals surface area contributed by atoms with Gasteiger partial charge in [0.25, 0.3) is 0 Å². The molecule has 0 amide bonds. The predicted octanol–water partition coefficient (Wildman–Crippen LogP) is 7.20. The van der Waals surface area contributed by atoms with Gasteiger partial charge in [-0.25, -0.2) is 0 Å². The first kappa shape index (κ1) is 26.9. The van der Waals surface area contributed by atoms with Crippen molar-refractivity contribution in [1.82, 2.24) is 0 Å². The molecule has 0 saturated carbocycles. The van der Waals surface area contributed by atoms with Crippen molar-refractivity contribution in [2.24, 2.45) is 0 Å². The SMILES string of the molecule is CCc1ccc(OC(C)CCOc2ccc(CCC(=O)O)c(C)c2)c(C(=O)c2cccc3ccccc23)c1. The predicted molar refractivity (Wildman–Crippen MR) is 151 cm³/mol. The minimum Gasteiger partial charge on any atom is -0.493 e. The van der Waals surface area contributed by atoms with Crippen LogP contribution in [0.3, 0.4) is 0 Å². The van der Waals surface area contributed by atoms with E-state index < -0.39 is 5.97 Å². The van der Waals surface area contributed by atoms with Crippen LogP contribution in [0.5, 0.6) is 11.5 Å². The Morgan fingerprint density at radius 2 is 1.71 bits per heavy atom. The fourth-order valence-corrected chi connectivity index (χ4v) is 4.54. The average Bonchev–Trinajstić information content (AvgIpc) is 2.92. The summed E-state index contributed by atoms with van der Waals surface area (Å²) in [5, 5.41) is 10.9. The highest BCUT2D eigenvalue weighted by atomic mass is 16.5. The van der Waals surface area contributed by atoms with Crippen LogP contribution in [-0.2, 0) is 17.6 Å². The number of aliphatic carboxylic acids is 1. The molecule has 0 aliphatic carbocycles. The van der Waals surface area contributed by atoms with E-state index in [1.807, 2.05) is 92.7 Å². The summed E-state index contributed by atoms with van der Waals surface area (Å²) in [6.45, 7) is 6.46. The van der Waals surface area contributed by atoms with Gasteiger partial charge in [-0.15, -0.1) is 0 Å². The quantitative estimate of drug-likeness (QED) is 0.204. The third kappa shape index (κ3) is 6.60. The van der Waals surface area contributed by atoms with Gasteiger partial charge in [0.1, 0.15) is 11.5 Å². The maximum atomic E-state index is 13.7. The van der Waals surface area contributed by atoms with E-state index in [1.165, 1.54) is 0 Å². The lowest BCUT2D eigenvalue weighted by molar-refractivity contribution is -0.136. The molecule has 4 aromatic rings. The molecule has 196 valence electrons. The molecule has 0 spiro atoms. The molecule has 0 aliphatic heterocycles. The number of benzene rings is 4. The Morgan fingerprint density at radius 1 is 0.921 bits per heavy atom. The Labute approximate surface area is 224 Å². The number of ether oxygens (including phenoxy) is 2. The highest BCUT2D eigenvalue weighted by Crippen LogP contribution is 2.28. The second kappa shape index (κ2) is 12.4. The van der Waals surface area contributed by atoms with Crippen LogP contribution in [0.15, 0.2) is 78.9 Å². The molecule has 1 unspecified atom stereocenters. The maximum absolute atomic E-state index is 13.7. The zero-order chi connectivity index (χ0) is 27.1. The molecular formula is C33H34O5. The van der Waals surface area contributed by atoms with Crippen LogP contribution in [0.1, 0.15) is 59.3 Å². The minimum atomic E-state index is -0.801. The van der Waals surface area contributed by atoms with Gasteiger partial charge >= 0.3 is 5.97 Å². The molecule has 0 radical (unpaired) electrons. The van der Waals surface area contributed by atoms with E-state index in [0.717, 1.165) is 39.6 Å². The summed E-state index contributed by atoms with van der Waals surface area (Å²) in [5.74, 6) is 0.471. The van der Waals surface area contributed by atoms with Crippen LogP contribution in [0.2, 0.25) is 0 Å². The number of aryl methyl sites for hydroxylation is 3. The summed E-state index contributed by atoms with van der Waals surface area (Å²) in [6, 6.07) is 25.3. The van der Waals surface area contributed by atoms with Gasteiger partial charge in [0.15, 0.2) is 5.78 Å². The van der Waals surface area contributed by atoms with Crippen LogP contribution in [0.25, 0.3) is 10.8 Å². The smallest absolute Gasteiger partial charge is 0.303 e. The fourth-order valence-electron chi connectivity index (χ4n) is 4.54. The Morgan fingerprint density at radius 3 is 2.47 bits per heavy atom. The van der Waals surface area contributed by atoms with Gasteiger partial charge in [-0.1, -0.05) is 61.5 Å². The van der Waals surface area contributed by atoms with Crippen LogP contribution >= 0.6 is 0 Å². The normalized spacial score (nSPS) is 11.8. The minimum absolute atomic E-state index is 0.0472. The molecule has 0 bridgehead atoms. The van der Waals surface area contributed by atoms with E-state index in [0.29, 0.717) is 36.3 Å². The second-order valence-corrected chi connectivity index (χ2v) is 9.59. The molecule has 5 nitrogen and oxygen atoms in total. The van der Waals surface area contributed by atoms with E-state index in [4.69, 9.17) is 14.6 Å². The summed E-state index contributed by atoms with van der Waals surface area (Å²) >= 11 is 0. The average molecular weight is 511 g/mol. The number of carbonyl (C=O) groups excluding carboxylic acids is 1. The van der Waals surface area contributed by atoms with Crippen molar-refractivity contribution >= 4 is 22.5 Å². The monoisotopic (exact) mass is 510 g/mol. The number of carboxylic acid groups (broad SMARTS) is 1. The van der Waals surface area contributed by atoms with Crippen molar-refractivity contribution < 1.29 is 24.2 Å². The van der Waals surface area contributed by atoms with E-state index in [-0.39, 0.29) is 18.3 Å². The number of hydrogen-bond acceptors (Lipinski definition) is 4. The van der Waals surface area contributed by atoms with Gasteiger partial charge in [0.05, 0.1) is 18.3 Å². The van der Waals surface area contributed by atoms with Gasteiger partial charge in [0.2, 0.25) is 0 Å². The largest absolute Gasteiger partial charge is 0.493 e. The number of carbonyl (C=O) groups is 2. The number of ketones is 1. The Balaban J connectivity index is 1.44. The molecular weight excluding hydrogens is 476 g/mol. The lowest BCUT2D eigenvalue weighted by atomic mass is 9.95. The van der Waals surface area contributed by atoms with Crippen LogP contribution in [0.4, 0.5) is 0 Å². The molecule has 4 aromatic carbocycles. The summed E-state index contributed by atoms with van der Waals surface area (Å²) in [4.78, 5) is 24.6. The van der Waals surface area contributed by atoms with Gasteiger partial charge in [-0.3, -0.25) is 9.59 Å². The molecule has 38 heavy (non-hydrogen) atoms. The van der Waals surface area contributed by atoms with Crippen molar-refractivity contribution in [3.63, 3.8) is 0 Å². The topological polar surface area (TPSA) is 72.8 Å². The van der Waals surface area contributed by atoms with Gasteiger partial charge in [-0.05, 0) is 78.4 Å². The first-order valence-corrected chi connectivity index (χ1v) is 13.1. The molecule has 0 heterocycles. The number of fused-ring (bicyclic) bond motifs is 1. The first-order chi connectivity index (χ1) is 18.4. The van der Waals surface area contributed by atoms with Crippen LogP contribution < -0.4 is 9.47 Å². The lowest BCUT2D eigenvalue weighted by Gasteiger charge is -2.19. The highest BCUT2D eigenvalue weighted by Gasteiger charge is 2.19. The van der Waals surface area contributed by atoms with Crippen LogP contribution in [-0.4, -0.2) is 29.6 Å². The lowest BCUT2D eigenvalue weighted by Crippen LogP contribution is -2.18. The van der Waals surface area contributed by atoms with Crippen LogP contribution in [0, 0.1) is 6.92 Å². The van der Waals surface area contributed by atoms with E-state index in [9.17, 15) is 9.59 Å². The molecule has 0 fully saturated rings. The molecule has 0 aromatic heterocycles. The zero-order valence-corrected chi connectivity index (χ0v) is 22.2. The van der Waals surface area contributed by atoms with Crippen molar-refractivity contribution in [2.75, 3.05) is 6.61 Å². The Kier molecular flexibility index (Phi) is 8.80. The van der Waals surface area contributed by atoms with E-state index in [2.05, 4.69) is 6.92 Å². The summed E-state index contributed by atoms with van der Waals surface area (Å²) in [7, 11) is 0. The van der Waals surface area contributed by atoms with Crippen molar-refractivity contribution in [1.29, 1.82) is 0 Å². The standard InChI is InChI=1S/C33H34O5/c1-4-24-12-16-31(30(21-24)33(36)29-11-7-9-26-8-5-6-10-28(26)29)38-23(3)18-19-37-27-15-13-25(22(2)20-27)14-17-32(34)35/h5-13,15-16,20-21,23H,4,14,17-19H2,1-3H3,(H,34,35). The van der Waals surface area contributed by atoms with Gasteiger partial charge < -0.3 is 14.6 Å². The zero-order valence-electron chi connectivity index (χ0n) is 22.2. The van der Waals surface area contributed by atoms with Crippen molar-refractivity contribution in [3.05, 3.63) is 107 Å². The van der Waals surface area contributed by atoms with E-state index in [1.54, 1.807) is 0 Å². The Hall–Kier alpha value is -4.12. The number of hydrogen-bond donors (Lipinski definition) is 1. The summed E-state index contributed by atoms with van der Waals surface area (Å²) < 4.78 is 12.2. The van der Waals surface area contributed by atoms with Crippen molar-refractivity contribution in [3.8, 4) is 11.5 Å². The number of rotatable bonds is 12. The van der Waals surface area contributed by atoms with Gasteiger partial charge in [-0.2, -0.15) is 0 Å². The second-order valence-electron chi connectivity index (χ2n) is 9.59. The Bertz CT molecular complexity index is 1430. The van der Waals surface area contributed by atoms with Crippen molar-refractivity contribution in [2.45, 2.75) is 52.6 Å². The molecule has 4 rings (SSSR count). The highest BCUT2D eigenvalue weighted by molar-refractivity contribution is 6.17. The molecule has 1 atom stereocenters. The first-order valence-electron chi connectivity index (χ1n) is 13.1. The fraction of sp³-hybridized carbons (Fsp3) is 0.273. The summed E-state index contributed by atoms with van der Waals surface area (Å²) in [6.07, 6.45) is 1.91. The van der Waals surface area contributed by atoms with Gasteiger partial charge in [0, 0.05) is 18.4 Å². The molecule has 5 heteroatoms. The third-order valence-corrected chi connectivity index (χ3v) is 6.77. The van der Waals surface area contributed by atoms with E-state index >= 15 is 0 Å². The molecule has 0 saturated heterocycles.